The van der Waals surface area contributed by atoms with Crippen LogP contribution in [-0.4, -0.2) is 54.6 Å². The lowest BCUT2D eigenvalue weighted by atomic mass is 10.1. The molecule has 0 aromatic carbocycles. The summed E-state index contributed by atoms with van der Waals surface area (Å²) < 4.78 is 0. The van der Waals surface area contributed by atoms with E-state index in [1.165, 1.54) is 38.0 Å². The minimum atomic E-state index is 0.988. The molecular formula is C16H27N5. The number of hydrogen-bond acceptors (Lipinski definition) is 5. The molecule has 21 heavy (non-hydrogen) atoms. The highest BCUT2D eigenvalue weighted by Crippen LogP contribution is 2.30. The first-order chi connectivity index (χ1) is 10.3. The Kier molecular flexibility index (Phi) is 4.58. The lowest BCUT2D eigenvalue weighted by Gasteiger charge is -2.36. The standard InChI is InChI=1S/C16H27N5/c1-3-4-14-15(17-2)18-12-19-16(14)21-9-7-20(8-10-21)11-13-5-6-13/h12-13H,3-11H2,1-2H3,(H,17,18,19). The van der Waals surface area contributed by atoms with E-state index >= 15 is 0 Å². The molecule has 1 aromatic heterocycles. The SMILES string of the molecule is CCCc1c(NC)ncnc1N1CCN(CC2CC2)CC1. The monoisotopic (exact) mass is 289 g/mol. The number of aromatic nitrogens is 2. The van der Waals surface area contributed by atoms with Crippen molar-refractivity contribution in [2.75, 3.05) is 50.0 Å². The van der Waals surface area contributed by atoms with Gasteiger partial charge in [0.15, 0.2) is 0 Å². The van der Waals surface area contributed by atoms with E-state index in [4.69, 9.17) is 0 Å². The molecule has 1 aromatic rings. The Bertz CT molecular complexity index is 464. The highest BCUT2D eigenvalue weighted by molar-refractivity contribution is 5.58. The average molecular weight is 289 g/mol. The minimum Gasteiger partial charge on any atom is -0.373 e. The Morgan fingerprint density at radius 1 is 1.19 bits per heavy atom. The van der Waals surface area contributed by atoms with Crippen LogP contribution in [0.4, 0.5) is 11.6 Å². The van der Waals surface area contributed by atoms with E-state index < -0.39 is 0 Å². The largest absolute Gasteiger partial charge is 0.373 e. The van der Waals surface area contributed by atoms with Crippen LogP contribution in [0, 0.1) is 5.92 Å². The summed E-state index contributed by atoms with van der Waals surface area (Å²) in [7, 11) is 1.94. The molecule has 1 aliphatic heterocycles. The van der Waals surface area contributed by atoms with E-state index in [0.29, 0.717) is 0 Å². The number of piperazine rings is 1. The number of nitrogens with one attached hydrogen (secondary N) is 1. The molecule has 3 rings (SSSR count). The lowest BCUT2D eigenvalue weighted by Crippen LogP contribution is -2.47. The molecule has 2 fully saturated rings. The summed E-state index contributed by atoms with van der Waals surface area (Å²) in [6.45, 7) is 8.03. The lowest BCUT2D eigenvalue weighted by molar-refractivity contribution is 0.247. The zero-order valence-electron chi connectivity index (χ0n) is 13.3. The van der Waals surface area contributed by atoms with Crippen molar-refractivity contribution in [1.29, 1.82) is 0 Å². The maximum absolute atomic E-state index is 4.58. The molecule has 0 atom stereocenters. The topological polar surface area (TPSA) is 44.3 Å². The van der Waals surface area contributed by atoms with Gasteiger partial charge in [-0.15, -0.1) is 0 Å². The van der Waals surface area contributed by atoms with Gasteiger partial charge in [-0.25, -0.2) is 9.97 Å². The summed E-state index contributed by atoms with van der Waals surface area (Å²) in [6.07, 6.45) is 6.73. The molecule has 116 valence electrons. The van der Waals surface area contributed by atoms with Gasteiger partial charge in [0.05, 0.1) is 0 Å². The van der Waals surface area contributed by atoms with Crippen LogP contribution in [0.15, 0.2) is 6.33 Å². The third kappa shape index (κ3) is 3.46. The van der Waals surface area contributed by atoms with Crippen LogP contribution < -0.4 is 10.2 Å². The van der Waals surface area contributed by atoms with Crippen molar-refractivity contribution in [2.24, 2.45) is 5.92 Å². The maximum Gasteiger partial charge on any atom is 0.137 e. The molecule has 1 N–H and O–H groups in total. The third-order valence-electron chi connectivity index (χ3n) is 4.54. The highest BCUT2D eigenvalue weighted by Gasteiger charge is 2.27. The Labute approximate surface area is 127 Å². The van der Waals surface area contributed by atoms with E-state index in [-0.39, 0.29) is 0 Å². The first-order valence-electron chi connectivity index (χ1n) is 8.30. The summed E-state index contributed by atoms with van der Waals surface area (Å²) in [5.41, 5.74) is 1.28. The number of nitrogens with zero attached hydrogens (tertiary/aromatic N) is 4. The molecule has 0 radical (unpaired) electrons. The summed E-state index contributed by atoms with van der Waals surface area (Å²) in [5, 5.41) is 3.21. The van der Waals surface area contributed by atoms with E-state index in [0.717, 1.165) is 43.5 Å². The molecule has 2 aliphatic rings. The molecule has 1 aliphatic carbocycles. The van der Waals surface area contributed by atoms with Crippen molar-refractivity contribution in [3.05, 3.63) is 11.9 Å². The van der Waals surface area contributed by atoms with E-state index in [9.17, 15) is 0 Å². The predicted molar refractivity (Wildman–Crippen MR) is 87.0 cm³/mol. The van der Waals surface area contributed by atoms with Gasteiger partial charge in [-0.1, -0.05) is 13.3 Å². The van der Waals surface area contributed by atoms with Crippen LogP contribution in [0.3, 0.4) is 0 Å². The van der Waals surface area contributed by atoms with Gasteiger partial charge in [0.1, 0.15) is 18.0 Å². The Hall–Kier alpha value is -1.36. The average Bonchev–Trinajstić information content (AvgIpc) is 3.33. The molecule has 0 unspecified atom stereocenters. The van der Waals surface area contributed by atoms with Crippen molar-refractivity contribution in [2.45, 2.75) is 32.6 Å². The van der Waals surface area contributed by atoms with E-state index in [1.54, 1.807) is 6.33 Å². The zero-order chi connectivity index (χ0) is 14.7. The van der Waals surface area contributed by atoms with Gasteiger partial charge in [-0.05, 0) is 25.2 Å². The van der Waals surface area contributed by atoms with Gasteiger partial charge >= 0.3 is 0 Å². The molecule has 0 bridgehead atoms. The molecule has 1 saturated carbocycles. The van der Waals surface area contributed by atoms with Crippen molar-refractivity contribution in [3.63, 3.8) is 0 Å². The second kappa shape index (κ2) is 6.60. The smallest absolute Gasteiger partial charge is 0.137 e. The van der Waals surface area contributed by atoms with Crippen LogP contribution in [0.1, 0.15) is 31.7 Å². The van der Waals surface area contributed by atoms with Crippen LogP contribution in [0.2, 0.25) is 0 Å². The summed E-state index contributed by atoms with van der Waals surface area (Å²) in [6, 6.07) is 0. The first kappa shape index (κ1) is 14.6. The van der Waals surface area contributed by atoms with Crippen molar-refractivity contribution < 1.29 is 0 Å². The van der Waals surface area contributed by atoms with Crippen LogP contribution in [0.5, 0.6) is 0 Å². The third-order valence-corrected chi connectivity index (χ3v) is 4.54. The van der Waals surface area contributed by atoms with Gasteiger partial charge < -0.3 is 10.2 Å². The molecule has 1 saturated heterocycles. The second-order valence-electron chi connectivity index (χ2n) is 6.26. The molecule has 5 heteroatoms. The van der Waals surface area contributed by atoms with Crippen LogP contribution in [0.25, 0.3) is 0 Å². The fourth-order valence-corrected chi connectivity index (χ4v) is 3.18. The Balaban J connectivity index is 1.68. The Morgan fingerprint density at radius 3 is 2.57 bits per heavy atom. The summed E-state index contributed by atoms with van der Waals surface area (Å²) >= 11 is 0. The molecule has 0 amide bonds. The Morgan fingerprint density at radius 2 is 1.95 bits per heavy atom. The van der Waals surface area contributed by atoms with Gasteiger partial charge in [-0.3, -0.25) is 4.90 Å². The van der Waals surface area contributed by atoms with Crippen molar-refractivity contribution in [3.8, 4) is 0 Å². The summed E-state index contributed by atoms with van der Waals surface area (Å²) in [5.74, 6) is 3.12. The molecule has 2 heterocycles. The predicted octanol–water partition coefficient (Wildman–Crippen LogP) is 2.00. The second-order valence-corrected chi connectivity index (χ2v) is 6.26. The van der Waals surface area contributed by atoms with Crippen molar-refractivity contribution >= 4 is 11.6 Å². The molecular weight excluding hydrogens is 262 g/mol. The van der Waals surface area contributed by atoms with Crippen LogP contribution >= 0.6 is 0 Å². The van der Waals surface area contributed by atoms with Crippen molar-refractivity contribution in [1.82, 2.24) is 14.9 Å². The van der Waals surface area contributed by atoms with Crippen LogP contribution in [-0.2, 0) is 6.42 Å². The normalized spacial score (nSPS) is 19.8. The maximum atomic E-state index is 4.58. The van der Waals surface area contributed by atoms with Gasteiger partial charge in [0, 0.05) is 45.3 Å². The fourth-order valence-electron chi connectivity index (χ4n) is 3.18. The number of hydrogen-bond donors (Lipinski definition) is 1. The van der Waals surface area contributed by atoms with Gasteiger partial charge in [0.25, 0.3) is 0 Å². The highest BCUT2D eigenvalue weighted by atomic mass is 15.3. The first-order valence-corrected chi connectivity index (χ1v) is 8.30. The van der Waals surface area contributed by atoms with E-state index in [2.05, 4.69) is 32.0 Å². The van der Waals surface area contributed by atoms with Gasteiger partial charge in [-0.2, -0.15) is 0 Å². The minimum absolute atomic E-state index is 0.988. The summed E-state index contributed by atoms with van der Waals surface area (Å²) in [4.78, 5) is 14.0. The quantitative estimate of drug-likeness (QED) is 0.868. The fraction of sp³-hybridized carbons (Fsp3) is 0.750. The van der Waals surface area contributed by atoms with Gasteiger partial charge in [0.2, 0.25) is 0 Å². The number of anilines is 2. The van der Waals surface area contributed by atoms with E-state index in [1.807, 2.05) is 7.05 Å². The zero-order valence-corrected chi connectivity index (χ0v) is 13.3. The molecule has 0 spiro atoms. The molecule has 5 nitrogen and oxygen atoms in total. The number of rotatable bonds is 6.